The van der Waals surface area contributed by atoms with E-state index in [0.717, 1.165) is 23.5 Å². The predicted octanol–water partition coefficient (Wildman–Crippen LogP) is 3.50. The number of urea groups is 1. The quantitative estimate of drug-likeness (QED) is 0.587. The molecule has 1 aromatic carbocycles. The fourth-order valence-electron chi connectivity index (χ4n) is 4.54. The first-order valence-electron chi connectivity index (χ1n) is 10.4. The standard InChI is InChI=1S/C22H21FN4O4S2/c23-16-3-5-17(6-4-16)24-22(29)26-11-14-10-15(13-26)19-8-7-18(21(28)27(19)12-14)25-33(30,31)20-2-1-9-32-20/h1-9,14-15,25H,10-13H2,(H,24,29)/t14-,15+/m0/s1. The second-order valence-electron chi connectivity index (χ2n) is 8.27. The molecule has 0 spiro atoms. The molecule has 4 heterocycles. The third kappa shape index (κ3) is 4.25. The molecule has 11 heteroatoms. The zero-order valence-electron chi connectivity index (χ0n) is 17.4. The van der Waals surface area contributed by atoms with Gasteiger partial charge in [0.05, 0.1) is 0 Å². The lowest BCUT2D eigenvalue weighted by molar-refractivity contribution is 0.139. The molecule has 0 aliphatic carbocycles. The zero-order valence-corrected chi connectivity index (χ0v) is 19.0. The Balaban J connectivity index is 1.35. The third-order valence-electron chi connectivity index (χ3n) is 5.99. The molecule has 2 bridgehead atoms. The lowest BCUT2D eigenvalue weighted by Gasteiger charge is -2.42. The summed E-state index contributed by atoms with van der Waals surface area (Å²) in [4.78, 5) is 27.6. The number of hydrogen-bond acceptors (Lipinski definition) is 5. The highest BCUT2D eigenvalue weighted by atomic mass is 32.2. The number of rotatable bonds is 4. The molecule has 3 aromatic rings. The van der Waals surface area contributed by atoms with Crippen molar-refractivity contribution in [3.05, 3.63) is 75.8 Å². The Morgan fingerprint density at radius 3 is 2.58 bits per heavy atom. The van der Waals surface area contributed by atoms with E-state index >= 15 is 0 Å². The maximum absolute atomic E-state index is 13.1. The summed E-state index contributed by atoms with van der Waals surface area (Å²) >= 11 is 1.08. The van der Waals surface area contributed by atoms with Gasteiger partial charge in [0.2, 0.25) is 0 Å². The number of anilines is 2. The fraction of sp³-hybridized carbons (Fsp3) is 0.273. The maximum atomic E-state index is 13.1. The van der Waals surface area contributed by atoms with Crippen molar-refractivity contribution >= 4 is 38.8 Å². The lowest BCUT2D eigenvalue weighted by Crippen LogP contribution is -2.50. The first-order valence-corrected chi connectivity index (χ1v) is 12.8. The van der Waals surface area contributed by atoms with Crippen LogP contribution in [0.5, 0.6) is 0 Å². The number of carbonyl (C=O) groups is 1. The number of pyridine rings is 1. The molecule has 172 valence electrons. The summed E-state index contributed by atoms with van der Waals surface area (Å²) < 4.78 is 42.4. The Bertz CT molecular complexity index is 1350. The highest BCUT2D eigenvalue weighted by Crippen LogP contribution is 2.36. The molecule has 2 aromatic heterocycles. The molecule has 5 rings (SSSR count). The molecular formula is C22H21FN4O4S2. The van der Waals surface area contributed by atoms with Crippen LogP contribution < -0.4 is 15.6 Å². The molecule has 2 amide bonds. The highest BCUT2D eigenvalue weighted by molar-refractivity contribution is 7.94. The van der Waals surface area contributed by atoms with E-state index in [-0.39, 0.29) is 39.1 Å². The Morgan fingerprint density at radius 2 is 1.85 bits per heavy atom. The molecule has 2 N–H and O–H groups in total. The van der Waals surface area contributed by atoms with Crippen molar-refractivity contribution in [3.8, 4) is 0 Å². The van der Waals surface area contributed by atoms with Crippen LogP contribution in [-0.2, 0) is 16.6 Å². The van der Waals surface area contributed by atoms with Gasteiger partial charge >= 0.3 is 6.03 Å². The number of thiophene rings is 1. The largest absolute Gasteiger partial charge is 0.324 e. The number of aromatic nitrogens is 1. The summed E-state index contributed by atoms with van der Waals surface area (Å²) in [6.45, 7) is 1.31. The van der Waals surface area contributed by atoms with Crippen molar-refractivity contribution < 1.29 is 17.6 Å². The lowest BCUT2D eigenvalue weighted by atomic mass is 9.83. The second-order valence-corrected chi connectivity index (χ2v) is 11.1. The van der Waals surface area contributed by atoms with Crippen molar-refractivity contribution in [2.45, 2.75) is 23.1 Å². The molecule has 1 fully saturated rings. The minimum Gasteiger partial charge on any atom is -0.324 e. The van der Waals surface area contributed by atoms with Gasteiger partial charge in [0, 0.05) is 36.9 Å². The first-order chi connectivity index (χ1) is 15.8. The number of fused-ring (bicyclic) bond motifs is 4. The molecule has 1 saturated heterocycles. The Labute approximate surface area is 193 Å². The zero-order chi connectivity index (χ0) is 23.2. The topological polar surface area (TPSA) is 101 Å². The van der Waals surface area contributed by atoms with E-state index in [1.165, 1.54) is 36.4 Å². The van der Waals surface area contributed by atoms with Crippen LogP contribution in [0.15, 0.2) is 62.9 Å². The van der Waals surface area contributed by atoms with Crippen molar-refractivity contribution in [2.24, 2.45) is 5.92 Å². The van der Waals surface area contributed by atoms with Gasteiger partial charge in [-0.3, -0.25) is 9.52 Å². The van der Waals surface area contributed by atoms with Crippen molar-refractivity contribution in [2.75, 3.05) is 23.1 Å². The van der Waals surface area contributed by atoms with Gasteiger partial charge in [-0.15, -0.1) is 11.3 Å². The van der Waals surface area contributed by atoms with Crippen LogP contribution >= 0.6 is 11.3 Å². The van der Waals surface area contributed by atoms with E-state index in [0.29, 0.717) is 25.3 Å². The summed E-state index contributed by atoms with van der Waals surface area (Å²) in [5, 5.41) is 4.45. The monoisotopic (exact) mass is 488 g/mol. The number of piperidine rings is 1. The third-order valence-corrected chi connectivity index (χ3v) is 8.75. The molecule has 8 nitrogen and oxygen atoms in total. The molecular weight excluding hydrogens is 467 g/mol. The molecule has 2 aliphatic rings. The van der Waals surface area contributed by atoms with Crippen molar-refractivity contribution in [1.29, 1.82) is 0 Å². The van der Waals surface area contributed by atoms with Gasteiger partial charge in [0.1, 0.15) is 15.7 Å². The molecule has 0 radical (unpaired) electrons. The van der Waals surface area contributed by atoms with E-state index in [1.807, 2.05) is 0 Å². The van der Waals surface area contributed by atoms with Gasteiger partial charge in [-0.05, 0) is 60.2 Å². The number of nitrogens with one attached hydrogen (secondary N) is 2. The molecule has 0 saturated carbocycles. The van der Waals surface area contributed by atoms with Crippen LogP contribution in [0.4, 0.5) is 20.6 Å². The highest BCUT2D eigenvalue weighted by Gasteiger charge is 2.37. The Morgan fingerprint density at radius 1 is 1.06 bits per heavy atom. The van der Waals surface area contributed by atoms with Crippen LogP contribution in [0.3, 0.4) is 0 Å². The smallest absolute Gasteiger partial charge is 0.321 e. The van der Waals surface area contributed by atoms with Crippen molar-refractivity contribution in [1.82, 2.24) is 9.47 Å². The van der Waals surface area contributed by atoms with Gasteiger partial charge < -0.3 is 14.8 Å². The van der Waals surface area contributed by atoms with Crippen LogP contribution in [0.25, 0.3) is 0 Å². The Hall–Kier alpha value is -3.18. The van der Waals surface area contributed by atoms with E-state index in [1.54, 1.807) is 27.0 Å². The van der Waals surface area contributed by atoms with Gasteiger partial charge in [-0.1, -0.05) is 6.07 Å². The first kappa shape index (κ1) is 21.7. The number of benzene rings is 1. The minimum atomic E-state index is -3.82. The predicted molar refractivity (Wildman–Crippen MR) is 124 cm³/mol. The SMILES string of the molecule is O=C(Nc1ccc(F)cc1)N1C[C@@H]2C[C@H](C1)c1ccc(NS(=O)(=O)c3cccs3)c(=O)n1C2. The van der Waals surface area contributed by atoms with Gasteiger partial charge in [-0.25, -0.2) is 17.6 Å². The normalized spacial score (nSPS) is 19.6. The van der Waals surface area contributed by atoms with E-state index in [2.05, 4.69) is 10.0 Å². The summed E-state index contributed by atoms with van der Waals surface area (Å²) in [6, 6.07) is 11.7. The van der Waals surface area contributed by atoms with Crippen LogP contribution in [0.2, 0.25) is 0 Å². The van der Waals surface area contributed by atoms with Crippen molar-refractivity contribution in [3.63, 3.8) is 0 Å². The second kappa shape index (κ2) is 8.31. The molecule has 33 heavy (non-hydrogen) atoms. The fourth-order valence-corrected chi connectivity index (χ4v) is 6.59. The van der Waals surface area contributed by atoms with Crippen LogP contribution in [-0.4, -0.2) is 37.0 Å². The number of carbonyl (C=O) groups excluding carboxylic acids is 1. The number of nitrogens with zero attached hydrogens (tertiary/aromatic N) is 2. The minimum absolute atomic E-state index is 0.0121. The Kier molecular flexibility index (Phi) is 5.45. The number of sulfonamides is 1. The van der Waals surface area contributed by atoms with Gasteiger partial charge in [0.25, 0.3) is 15.6 Å². The number of amides is 2. The van der Waals surface area contributed by atoms with Crippen LogP contribution in [0.1, 0.15) is 18.0 Å². The summed E-state index contributed by atoms with van der Waals surface area (Å²) in [6.07, 6.45) is 0.847. The molecule has 0 unspecified atom stereocenters. The van der Waals surface area contributed by atoms with E-state index < -0.39 is 10.0 Å². The maximum Gasteiger partial charge on any atom is 0.321 e. The molecule has 2 atom stereocenters. The summed E-state index contributed by atoms with van der Waals surface area (Å²) in [7, 11) is -3.82. The average Bonchev–Trinajstić information content (AvgIpc) is 3.33. The summed E-state index contributed by atoms with van der Waals surface area (Å²) in [5.41, 5.74) is 0.926. The average molecular weight is 489 g/mol. The number of likely N-dealkylation sites (tertiary alicyclic amines) is 1. The van der Waals surface area contributed by atoms with E-state index in [9.17, 15) is 22.4 Å². The van der Waals surface area contributed by atoms with Gasteiger partial charge in [-0.2, -0.15) is 0 Å². The molecule has 2 aliphatic heterocycles. The number of hydrogen-bond donors (Lipinski definition) is 2. The van der Waals surface area contributed by atoms with Gasteiger partial charge in [0.15, 0.2) is 0 Å². The summed E-state index contributed by atoms with van der Waals surface area (Å²) in [5.74, 6) is -0.344. The number of halogens is 1. The van der Waals surface area contributed by atoms with E-state index in [4.69, 9.17) is 0 Å². The van der Waals surface area contributed by atoms with Crippen LogP contribution in [0, 0.1) is 11.7 Å².